The summed E-state index contributed by atoms with van der Waals surface area (Å²) in [4.78, 5) is 12.9. The molecular formula is C31H56N6. The van der Waals surface area contributed by atoms with Crippen molar-refractivity contribution in [2.24, 2.45) is 11.8 Å². The average Bonchev–Trinajstić information content (AvgIpc) is 3.56. The van der Waals surface area contributed by atoms with E-state index in [-0.39, 0.29) is 0 Å². The van der Waals surface area contributed by atoms with E-state index in [0.717, 1.165) is 30.5 Å². The highest BCUT2D eigenvalue weighted by Crippen LogP contribution is 2.31. The smallest absolute Gasteiger partial charge is 0.0230 e. The van der Waals surface area contributed by atoms with Crippen molar-refractivity contribution in [3.05, 3.63) is 35.9 Å². The Balaban J connectivity index is 0.000000186. The third-order valence-corrected chi connectivity index (χ3v) is 9.49. The van der Waals surface area contributed by atoms with E-state index in [4.69, 9.17) is 0 Å². The lowest BCUT2D eigenvalue weighted by atomic mass is 10.1. The molecule has 37 heavy (non-hydrogen) atoms. The Kier molecular flexibility index (Phi) is 11.7. The summed E-state index contributed by atoms with van der Waals surface area (Å²) >= 11 is 0. The molecule has 6 heteroatoms. The van der Waals surface area contributed by atoms with Crippen LogP contribution in [0.1, 0.15) is 44.1 Å². The largest absolute Gasteiger partial charge is 0.319 e. The first-order valence-electron chi connectivity index (χ1n) is 15.2. The van der Waals surface area contributed by atoms with Crippen LogP contribution in [0, 0.1) is 11.8 Å². The number of likely N-dealkylation sites (N-methyl/N-ethyl adjacent to an activating group) is 2. The molecule has 2 aliphatic heterocycles. The molecule has 2 heterocycles. The van der Waals surface area contributed by atoms with E-state index in [2.05, 4.69) is 88.3 Å². The van der Waals surface area contributed by atoms with E-state index in [1.165, 1.54) is 110 Å². The Morgan fingerprint density at radius 2 is 1.24 bits per heavy atom. The second-order valence-electron chi connectivity index (χ2n) is 12.6. The molecule has 6 nitrogen and oxygen atoms in total. The van der Waals surface area contributed by atoms with E-state index < -0.39 is 0 Å². The van der Waals surface area contributed by atoms with Crippen LogP contribution in [0.3, 0.4) is 0 Å². The van der Waals surface area contributed by atoms with E-state index in [0.29, 0.717) is 0 Å². The van der Waals surface area contributed by atoms with Crippen LogP contribution in [0.25, 0.3) is 0 Å². The minimum Gasteiger partial charge on any atom is -0.319 e. The van der Waals surface area contributed by atoms with Crippen molar-refractivity contribution in [1.29, 1.82) is 0 Å². The molecule has 1 N–H and O–H groups in total. The van der Waals surface area contributed by atoms with Crippen LogP contribution in [0.15, 0.2) is 30.3 Å². The molecule has 4 unspecified atom stereocenters. The molecule has 5 rings (SSSR count). The fraction of sp³-hybridized carbons (Fsp3) is 0.806. The van der Waals surface area contributed by atoms with Gasteiger partial charge >= 0.3 is 0 Å². The van der Waals surface area contributed by atoms with Crippen LogP contribution in [-0.4, -0.2) is 130 Å². The van der Waals surface area contributed by atoms with Gasteiger partial charge < -0.3 is 20.0 Å². The van der Waals surface area contributed by atoms with Gasteiger partial charge in [0.15, 0.2) is 0 Å². The molecule has 2 aliphatic carbocycles. The molecule has 0 aromatic heterocycles. The van der Waals surface area contributed by atoms with Gasteiger partial charge in [0.05, 0.1) is 0 Å². The minimum atomic E-state index is 0.851. The first-order valence-corrected chi connectivity index (χ1v) is 15.2. The number of nitrogens with one attached hydrogen (secondary N) is 1. The number of piperazine rings is 2. The Bertz CT molecular complexity index is 743. The predicted octanol–water partition coefficient (Wildman–Crippen LogP) is 3.16. The Labute approximate surface area is 228 Å². The first-order chi connectivity index (χ1) is 18.0. The minimum absolute atomic E-state index is 0.851. The summed E-state index contributed by atoms with van der Waals surface area (Å²) in [6, 6.07) is 12.6. The van der Waals surface area contributed by atoms with Gasteiger partial charge in [0.1, 0.15) is 0 Å². The maximum Gasteiger partial charge on any atom is 0.0230 e. The highest BCUT2D eigenvalue weighted by atomic mass is 15.3. The summed E-state index contributed by atoms with van der Waals surface area (Å²) in [6.45, 7) is 13.7. The molecule has 4 atom stereocenters. The number of hydrogen-bond acceptors (Lipinski definition) is 6. The van der Waals surface area contributed by atoms with E-state index >= 15 is 0 Å². The fourth-order valence-corrected chi connectivity index (χ4v) is 7.17. The van der Waals surface area contributed by atoms with Crippen molar-refractivity contribution >= 4 is 0 Å². The monoisotopic (exact) mass is 512 g/mol. The number of rotatable bonds is 8. The van der Waals surface area contributed by atoms with Crippen LogP contribution in [0.2, 0.25) is 0 Å². The van der Waals surface area contributed by atoms with Crippen molar-refractivity contribution in [3.63, 3.8) is 0 Å². The molecule has 0 bridgehead atoms. The van der Waals surface area contributed by atoms with Crippen molar-refractivity contribution in [1.82, 2.24) is 29.8 Å². The molecule has 0 spiro atoms. The molecule has 4 aliphatic rings. The Morgan fingerprint density at radius 3 is 1.78 bits per heavy atom. The summed E-state index contributed by atoms with van der Waals surface area (Å²) in [5.41, 5.74) is 1.43. The van der Waals surface area contributed by atoms with Gasteiger partial charge in [0.25, 0.3) is 0 Å². The quantitative estimate of drug-likeness (QED) is 0.575. The zero-order valence-corrected chi connectivity index (χ0v) is 24.5. The Morgan fingerprint density at radius 1 is 0.730 bits per heavy atom. The third kappa shape index (κ3) is 9.29. The topological polar surface area (TPSA) is 28.2 Å². The second kappa shape index (κ2) is 14.9. The zero-order valence-electron chi connectivity index (χ0n) is 24.5. The van der Waals surface area contributed by atoms with Crippen LogP contribution in [0.5, 0.6) is 0 Å². The van der Waals surface area contributed by atoms with Gasteiger partial charge in [-0.3, -0.25) is 9.80 Å². The normalized spacial score (nSPS) is 30.5. The maximum absolute atomic E-state index is 3.31. The van der Waals surface area contributed by atoms with Gasteiger partial charge in [-0.2, -0.15) is 0 Å². The van der Waals surface area contributed by atoms with Crippen LogP contribution >= 0.6 is 0 Å². The summed E-state index contributed by atoms with van der Waals surface area (Å²) in [6.07, 6.45) is 8.50. The van der Waals surface area contributed by atoms with Crippen LogP contribution in [0.4, 0.5) is 0 Å². The van der Waals surface area contributed by atoms with Gasteiger partial charge in [-0.05, 0) is 90.7 Å². The molecule has 0 amide bonds. The number of hydrogen-bond donors (Lipinski definition) is 1. The molecule has 0 radical (unpaired) electrons. The lowest BCUT2D eigenvalue weighted by Gasteiger charge is -2.36. The molecule has 4 fully saturated rings. The van der Waals surface area contributed by atoms with Crippen molar-refractivity contribution in [3.8, 4) is 0 Å². The lowest BCUT2D eigenvalue weighted by Crippen LogP contribution is -2.48. The number of benzene rings is 1. The average molecular weight is 513 g/mol. The van der Waals surface area contributed by atoms with Gasteiger partial charge in [-0.15, -0.1) is 0 Å². The predicted molar refractivity (Wildman–Crippen MR) is 157 cm³/mol. The molecule has 1 aromatic carbocycles. The molecule has 2 saturated carbocycles. The van der Waals surface area contributed by atoms with Gasteiger partial charge in [-0.1, -0.05) is 30.3 Å². The fourth-order valence-electron chi connectivity index (χ4n) is 7.17. The first kappa shape index (κ1) is 29.0. The zero-order chi connectivity index (χ0) is 26.0. The van der Waals surface area contributed by atoms with Crippen molar-refractivity contribution in [2.45, 2.75) is 57.2 Å². The van der Waals surface area contributed by atoms with Crippen molar-refractivity contribution < 1.29 is 0 Å². The van der Waals surface area contributed by atoms with E-state index in [1.807, 2.05) is 0 Å². The Hall–Kier alpha value is -1.02. The van der Waals surface area contributed by atoms with Crippen LogP contribution < -0.4 is 5.32 Å². The molecule has 1 aromatic rings. The SMILES string of the molecule is CN1CCN(C2CCC(CN(C)Cc3ccccc3)C2)CC1.CNCC1CCC(N2CCN(C)CC2)C1. The van der Waals surface area contributed by atoms with Gasteiger partial charge in [-0.25, -0.2) is 0 Å². The highest BCUT2D eigenvalue weighted by molar-refractivity contribution is 5.14. The van der Waals surface area contributed by atoms with E-state index in [9.17, 15) is 0 Å². The summed E-state index contributed by atoms with van der Waals surface area (Å²) in [7, 11) is 8.82. The van der Waals surface area contributed by atoms with Crippen LogP contribution in [-0.2, 0) is 6.54 Å². The summed E-state index contributed by atoms with van der Waals surface area (Å²) < 4.78 is 0. The maximum atomic E-state index is 3.31. The van der Waals surface area contributed by atoms with Gasteiger partial charge in [0.2, 0.25) is 0 Å². The van der Waals surface area contributed by atoms with Crippen molar-refractivity contribution in [2.75, 3.05) is 93.6 Å². The van der Waals surface area contributed by atoms with E-state index in [1.54, 1.807) is 0 Å². The molecular weight excluding hydrogens is 456 g/mol. The second-order valence-corrected chi connectivity index (χ2v) is 12.6. The van der Waals surface area contributed by atoms with Gasteiger partial charge in [0, 0.05) is 77.5 Å². The summed E-state index contributed by atoms with van der Waals surface area (Å²) in [5.74, 6) is 1.82. The lowest BCUT2D eigenvalue weighted by molar-refractivity contribution is 0.110. The standard InChI is InChI=1S/C19H31N3.C12H25N3/c1-20-10-12-22(13-11-20)19-9-8-18(14-19)16-21(2)15-17-6-4-3-5-7-17;1-13-10-11-3-4-12(9-11)15-7-5-14(2)6-8-15/h3-7,18-19H,8-16H2,1-2H3;11-13H,3-10H2,1-2H3. The molecule has 2 saturated heterocycles. The highest BCUT2D eigenvalue weighted by Gasteiger charge is 2.31. The summed E-state index contributed by atoms with van der Waals surface area (Å²) in [5, 5.41) is 3.31. The number of nitrogens with zero attached hydrogens (tertiary/aromatic N) is 5. The third-order valence-electron chi connectivity index (χ3n) is 9.49. The molecule has 210 valence electrons.